The first-order chi connectivity index (χ1) is 14.7. The highest BCUT2D eigenvalue weighted by Crippen LogP contribution is 2.27. The molecule has 0 saturated heterocycles. The monoisotopic (exact) mass is 393 g/mol. The summed E-state index contributed by atoms with van der Waals surface area (Å²) in [5, 5.41) is 14.0. The van der Waals surface area contributed by atoms with E-state index in [1.807, 2.05) is 79.9 Å². The molecule has 0 saturated carbocycles. The Hall–Kier alpha value is -3.92. The molecule has 4 rings (SSSR count). The minimum Gasteiger partial charge on any atom is -0.458 e. The fraction of sp³-hybridized carbons (Fsp3) is 0.0769. The molecule has 0 spiro atoms. The number of allylic oxidation sites excluding steroid dienone is 4. The van der Waals surface area contributed by atoms with Crippen LogP contribution in [-0.2, 0) is 6.42 Å². The molecule has 0 atom stereocenters. The molecule has 0 aromatic heterocycles. The second kappa shape index (κ2) is 8.62. The molecule has 0 amide bonds. The van der Waals surface area contributed by atoms with E-state index in [1.54, 1.807) is 0 Å². The lowest BCUT2D eigenvalue weighted by Crippen LogP contribution is -2.23. The Kier molecular flexibility index (Phi) is 5.57. The summed E-state index contributed by atoms with van der Waals surface area (Å²) in [6.45, 7) is 3.94. The Morgan fingerprint density at radius 3 is 2.70 bits per heavy atom. The number of ether oxygens (including phenoxy) is 1. The average molecular weight is 393 g/mol. The van der Waals surface area contributed by atoms with Crippen molar-refractivity contribution in [2.75, 3.05) is 7.05 Å². The lowest BCUT2D eigenvalue weighted by molar-refractivity contribution is 0.442. The maximum atomic E-state index is 8.58. The number of rotatable bonds is 2. The first-order valence-electron chi connectivity index (χ1n) is 9.82. The van der Waals surface area contributed by atoms with Crippen LogP contribution in [0.1, 0.15) is 16.7 Å². The molecule has 1 aliphatic rings. The molecule has 0 bridgehead atoms. The Morgan fingerprint density at radius 1 is 1.03 bits per heavy atom. The molecule has 0 fully saturated rings. The SMILES string of the molecule is C=C1/C=C\C=C/Cc2c(cccc2/C(=N/C(=N)c2ccc3ccccc3c2)NC)O1. The highest BCUT2D eigenvalue weighted by atomic mass is 16.5. The highest BCUT2D eigenvalue weighted by molar-refractivity contribution is 6.12. The molecular weight excluding hydrogens is 370 g/mol. The molecule has 148 valence electrons. The minimum atomic E-state index is 0.202. The number of hydrogen-bond acceptors (Lipinski definition) is 2. The molecule has 0 radical (unpaired) electrons. The van der Waals surface area contributed by atoms with Gasteiger partial charge in [-0.2, -0.15) is 0 Å². The molecule has 3 aromatic rings. The van der Waals surface area contributed by atoms with Gasteiger partial charge in [0, 0.05) is 23.7 Å². The quantitative estimate of drug-likeness (QED) is 0.453. The predicted octanol–water partition coefficient (Wildman–Crippen LogP) is 5.39. The van der Waals surface area contributed by atoms with Crippen molar-refractivity contribution >= 4 is 22.4 Å². The lowest BCUT2D eigenvalue weighted by atomic mass is 10.0. The second-order valence-corrected chi connectivity index (χ2v) is 6.96. The molecule has 4 nitrogen and oxygen atoms in total. The zero-order chi connectivity index (χ0) is 20.9. The highest BCUT2D eigenvalue weighted by Gasteiger charge is 2.15. The van der Waals surface area contributed by atoms with Gasteiger partial charge >= 0.3 is 0 Å². The Morgan fingerprint density at radius 2 is 1.87 bits per heavy atom. The number of nitrogens with one attached hydrogen (secondary N) is 2. The summed E-state index contributed by atoms with van der Waals surface area (Å²) in [5.41, 5.74) is 2.67. The molecule has 0 aliphatic carbocycles. The van der Waals surface area contributed by atoms with Crippen molar-refractivity contribution in [2.45, 2.75) is 6.42 Å². The van der Waals surface area contributed by atoms with Gasteiger partial charge in [-0.25, -0.2) is 4.99 Å². The van der Waals surface area contributed by atoms with Crippen molar-refractivity contribution < 1.29 is 4.74 Å². The van der Waals surface area contributed by atoms with Crippen molar-refractivity contribution in [1.82, 2.24) is 5.32 Å². The van der Waals surface area contributed by atoms with Crippen molar-refractivity contribution in [3.63, 3.8) is 0 Å². The second-order valence-electron chi connectivity index (χ2n) is 6.96. The van der Waals surface area contributed by atoms with Gasteiger partial charge in [-0.05, 0) is 35.4 Å². The van der Waals surface area contributed by atoms with Gasteiger partial charge in [-0.1, -0.05) is 73.3 Å². The smallest absolute Gasteiger partial charge is 0.154 e. The summed E-state index contributed by atoms with van der Waals surface area (Å²) < 4.78 is 5.93. The summed E-state index contributed by atoms with van der Waals surface area (Å²) >= 11 is 0. The molecule has 0 unspecified atom stereocenters. The fourth-order valence-electron chi connectivity index (χ4n) is 3.46. The van der Waals surface area contributed by atoms with Gasteiger partial charge in [-0.15, -0.1) is 0 Å². The van der Waals surface area contributed by atoms with Crippen molar-refractivity contribution in [2.24, 2.45) is 4.99 Å². The summed E-state index contributed by atoms with van der Waals surface area (Å²) in [6, 6.07) is 19.9. The fourth-order valence-corrected chi connectivity index (χ4v) is 3.46. The van der Waals surface area contributed by atoms with Gasteiger partial charge < -0.3 is 10.1 Å². The maximum absolute atomic E-state index is 8.58. The van der Waals surface area contributed by atoms with E-state index >= 15 is 0 Å². The van der Waals surface area contributed by atoms with Crippen molar-refractivity contribution in [1.29, 1.82) is 5.41 Å². The number of aliphatic imine (C=N–C) groups is 1. The normalized spacial score (nSPS) is 15.9. The van der Waals surface area contributed by atoms with Gasteiger partial charge in [0.05, 0.1) is 0 Å². The Labute approximate surface area is 176 Å². The molecule has 1 aliphatic heterocycles. The van der Waals surface area contributed by atoms with Gasteiger partial charge in [0.2, 0.25) is 0 Å². The van der Waals surface area contributed by atoms with Crippen LogP contribution in [-0.4, -0.2) is 18.7 Å². The van der Waals surface area contributed by atoms with Crippen LogP contribution in [0.15, 0.2) is 102 Å². The first kappa shape index (κ1) is 19.4. The van der Waals surface area contributed by atoms with E-state index in [-0.39, 0.29) is 5.84 Å². The standard InChI is InChI=1S/C26H23N3O/c1-18-9-4-3-5-12-22-23(13-8-14-24(22)30-18)26(28-2)29-25(27)21-16-15-19-10-6-7-11-20(19)17-21/h3-11,13-17H,1,12H2,2H3,(H2,27,28,29)/b5-3-,9-4-. The van der Waals surface area contributed by atoms with Crippen molar-refractivity contribution in [3.05, 3.63) is 114 Å². The largest absolute Gasteiger partial charge is 0.458 e. The van der Waals surface area contributed by atoms with Crippen LogP contribution in [0.2, 0.25) is 0 Å². The van der Waals surface area contributed by atoms with Gasteiger partial charge in [0.1, 0.15) is 17.3 Å². The summed E-state index contributed by atoms with van der Waals surface area (Å²) in [4.78, 5) is 4.62. The third kappa shape index (κ3) is 4.08. The van der Waals surface area contributed by atoms with E-state index in [2.05, 4.69) is 29.0 Å². The maximum Gasteiger partial charge on any atom is 0.154 e. The zero-order valence-corrected chi connectivity index (χ0v) is 16.9. The topological polar surface area (TPSA) is 57.5 Å². The van der Waals surface area contributed by atoms with Gasteiger partial charge in [-0.3, -0.25) is 5.41 Å². The summed E-state index contributed by atoms with van der Waals surface area (Å²) in [6.07, 6.45) is 8.49. The van der Waals surface area contributed by atoms with Gasteiger partial charge in [0.25, 0.3) is 0 Å². The van der Waals surface area contributed by atoms with E-state index in [0.29, 0.717) is 18.0 Å². The predicted molar refractivity (Wildman–Crippen MR) is 125 cm³/mol. The van der Waals surface area contributed by atoms with Crippen LogP contribution in [0.3, 0.4) is 0 Å². The van der Waals surface area contributed by atoms with Crippen LogP contribution in [0.4, 0.5) is 0 Å². The molecule has 30 heavy (non-hydrogen) atoms. The minimum absolute atomic E-state index is 0.202. The average Bonchev–Trinajstić information content (AvgIpc) is 2.86. The van der Waals surface area contributed by atoms with E-state index in [0.717, 1.165) is 33.2 Å². The van der Waals surface area contributed by atoms with E-state index < -0.39 is 0 Å². The third-order valence-electron chi connectivity index (χ3n) is 4.96. The van der Waals surface area contributed by atoms with Crippen LogP contribution in [0.5, 0.6) is 5.75 Å². The number of benzene rings is 3. The molecule has 1 heterocycles. The van der Waals surface area contributed by atoms with E-state index in [4.69, 9.17) is 10.1 Å². The Bertz CT molecular complexity index is 1220. The number of nitrogens with zero attached hydrogens (tertiary/aromatic N) is 1. The third-order valence-corrected chi connectivity index (χ3v) is 4.96. The van der Waals surface area contributed by atoms with Gasteiger partial charge in [0.15, 0.2) is 5.84 Å². The van der Waals surface area contributed by atoms with E-state index in [1.165, 1.54) is 0 Å². The lowest BCUT2D eigenvalue weighted by Gasteiger charge is -2.16. The Balaban J connectivity index is 1.73. The van der Waals surface area contributed by atoms with Crippen LogP contribution in [0, 0.1) is 5.41 Å². The molecular formula is C26H23N3O. The van der Waals surface area contributed by atoms with Crippen molar-refractivity contribution in [3.8, 4) is 5.75 Å². The molecule has 3 aromatic carbocycles. The van der Waals surface area contributed by atoms with E-state index in [9.17, 15) is 0 Å². The molecule has 2 N–H and O–H groups in total. The number of hydrogen-bond donors (Lipinski definition) is 2. The van der Waals surface area contributed by atoms with Crippen LogP contribution >= 0.6 is 0 Å². The van der Waals surface area contributed by atoms with Crippen LogP contribution < -0.4 is 10.1 Å². The van der Waals surface area contributed by atoms with Crippen LogP contribution in [0.25, 0.3) is 10.8 Å². The summed E-state index contributed by atoms with van der Waals surface area (Å²) in [5.74, 6) is 2.15. The zero-order valence-electron chi connectivity index (χ0n) is 16.9. The number of fused-ring (bicyclic) bond motifs is 2. The number of amidine groups is 2. The first-order valence-corrected chi connectivity index (χ1v) is 9.82. The summed E-state index contributed by atoms with van der Waals surface area (Å²) in [7, 11) is 1.82. The molecule has 4 heteroatoms.